The maximum absolute atomic E-state index is 10.5. The van der Waals surface area contributed by atoms with Gasteiger partial charge in [0.1, 0.15) is 0 Å². The summed E-state index contributed by atoms with van der Waals surface area (Å²) in [4.78, 5) is 10.5. The topological polar surface area (TPSA) is 98.0 Å². The van der Waals surface area contributed by atoms with Crippen LogP contribution in [0.1, 0.15) is 90.4 Å². The number of hydrogen-bond donors (Lipinski definition) is 4. The summed E-state index contributed by atoms with van der Waals surface area (Å²) >= 11 is 0. The second kappa shape index (κ2) is 12.7. The average Bonchev–Trinajstić information content (AvgIpc) is 2.83. The van der Waals surface area contributed by atoms with Crippen molar-refractivity contribution in [3.63, 3.8) is 0 Å². The summed E-state index contributed by atoms with van der Waals surface area (Å²) in [5.41, 5.74) is 0. The van der Waals surface area contributed by atoms with Gasteiger partial charge >= 0.3 is 5.97 Å². The third kappa shape index (κ3) is 8.52. The van der Waals surface area contributed by atoms with Gasteiger partial charge in [0.15, 0.2) is 0 Å². The molecule has 1 fully saturated rings. The molecular formula is C20H38O5. The maximum atomic E-state index is 10.5. The molecule has 0 aliphatic heterocycles. The number of unbranched alkanes of at least 4 members (excludes halogenated alkanes) is 7. The zero-order valence-corrected chi connectivity index (χ0v) is 15.8. The second-order valence-electron chi connectivity index (χ2n) is 7.73. The maximum Gasteiger partial charge on any atom is 0.303 e. The number of carboxylic acid groups (broad SMARTS) is 1. The summed E-state index contributed by atoms with van der Waals surface area (Å²) in [6, 6.07) is 0. The van der Waals surface area contributed by atoms with E-state index in [4.69, 9.17) is 5.11 Å². The van der Waals surface area contributed by atoms with Crippen molar-refractivity contribution in [1.29, 1.82) is 0 Å². The SMILES string of the molecule is CCCCCCCC(O)C1C(O)CC(O)C1CCCCCCC(=O)O. The summed E-state index contributed by atoms with van der Waals surface area (Å²) < 4.78 is 0. The first-order chi connectivity index (χ1) is 12.0. The van der Waals surface area contributed by atoms with Gasteiger partial charge in [0.05, 0.1) is 18.3 Å². The van der Waals surface area contributed by atoms with Crippen molar-refractivity contribution in [3.8, 4) is 0 Å². The molecule has 0 bridgehead atoms. The molecule has 0 spiro atoms. The zero-order valence-electron chi connectivity index (χ0n) is 15.8. The Bertz CT molecular complexity index is 360. The molecule has 1 rings (SSSR count). The van der Waals surface area contributed by atoms with Gasteiger partial charge in [-0.1, -0.05) is 58.3 Å². The Morgan fingerprint density at radius 3 is 2.28 bits per heavy atom. The molecule has 0 amide bonds. The van der Waals surface area contributed by atoms with Crippen molar-refractivity contribution in [3.05, 3.63) is 0 Å². The predicted octanol–water partition coefficient (Wildman–Crippen LogP) is 3.49. The molecule has 5 unspecified atom stereocenters. The van der Waals surface area contributed by atoms with Gasteiger partial charge < -0.3 is 20.4 Å². The van der Waals surface area contributed by atoms with Crippen molar-refractivity contribution in [2.45, 2.75) is 109 Å². The molecule has 0 aromatic carbocycles. The van der Waals surface area contributed by atoms with Crippen molar-refractivity contribution in [2.24, 2.45) is 11.8 Å². The molecule has 5 nitrogen and oxygen atoms in total. The number of aliphatic carboxylic acids is 1. The van der Waals surface area contributed by atoms with Crippen LogP contribution in [0.4, 0.5) is 0 Å². The molecule has 148 valence electrons. The van der Waals surface area contributed by atoms with Crippen LogP contribution in [0.3, 0.4) is 0 Å². The number of aliphatic hydroxyl groups excluding tert-OH is 3. The Kier molecular flexibility index (Phi) is 11.3. The van der Waals surface area contributed by atoms with Gasteiger partial charge in [0.25, 0.3) is 0 Å². The molecule has 0 saturated heterocycles. The Morgan fingerprint density at radius 2 is 1.60 bits per heavy atom. The lowest BCUT2D eigenvalue weighted by atomic mass is 9.83. The van der Waals surface area contributed by atoms with Crippen LogP contribution in [0.25, 0.3) is 0 Å². The number of carbonyl (C=O) groups is 1. The average molecular weight is 359 g/mol. The minimum absolute atomic E-state index is 0.0416. The fraction of sp³-hybridized carbons (Fsp3) is 0.950. The molecule has 1 aliphatic carbocycles. The summed E-state index contributed by atoms with van der Waals surface area (Å²) in [6.07, 6.45) is 9.51. The van der Waals surface area contributed by atoms with Gasteiger partial charge in [-0.3, -0.25) is 4.79 Å². The van der Waals surface area contributed by atoms with Crippen molar-refractivity contribution >= 4 is 5.97 Å². The van der Waals surface area contributed by atoms with Crippen LogP contribution in [0.5, 0.6) is 0 Å². The Hall–Kier alpha value is -0.650. The molecular weight excluding hydrogens is 320 g/mol. The van der Waals surface area contributed by atoms with Gasteiger partial charge in [-0.05, 0) is 31.6 Å². The fourth-order valence-electron chi connectivity index (χ4n) is 4.21. The third-order valence-corrected chi connectivity index (χ3v) is 5.64. The van der Waals surface area contributed by atoms with Gasteiger partial charge in [0, 0.05) is 12.3 Å². The van der Waals surface area contributed by atoms with Crippen LogP contribution in [-0.2, 0) is 4.79 Å². The largest absolute Gasteiger partial charge is 0.481 e. The van der Waals surface area contributed by atoms with E-state index < -0.39 is 24.3 Å². The number of hydrogen-bond acceptors (Lipinski definition) is 4. The Morgan fingerprint density at radius 1 is 0.960 bits per heavy atom. The summed E-state index contributed by atoms with van der Waals surface area (Å²) in [5, 5.41) is 39.7. The first-order valence-electron chi connectivity index (χ1n) is 10.2. The standard InChI is InChI=1S/C20H38O5/c1-2-3-4-5-9-12-16(21)20-15(17(22)14-18(20)23)11-8-6-7-10-13-19(24)25/h15-18,20-23H,2-14H2,1H3,(H,24,25). The lowest BCUT2D eigenvalue weighted by Crippen LogP contribution is -2.33. The van der Waals surface area contributed by atoms with Gasteiger partial charge in [-0.15, -0.1) is 0 Å². The first kappa shape index (κ1) is 22.4. The molecule has 25 heavy (non-hydrogen) atoms. The summed E-state index contributed by atoms with van der Waals surface area (Å²) in [6.45, 7) is 2.18. The van der Waals surface area contributed by atoms with E-state index >= 15 is 0 Å². The van der Waals surface area contributed by atoms with E-state index in [1.54, 1.807) is 0 Å². The Balaban J connectivity index is 2.32. The zero-order chi connectivity index (χ0) is 18.7. The van der Waals surface area contributed by atoms with E-state index in [1.807, 2.05) is 0 Å². The highest BCUT2D eigenvalue weighted by atomic mass is 16.4. The highest BCUT2D eigenvalue weighted by Crippen LogP contribution is 2.39. The van der Waals surface area contributed by atoms with Crippen LogP contribution in [-0.4, -0.2) is 44.7 Å². The van der Waals surface area contributed by atoms with E-state index in [1.165, 1.54) is 19.3 Å². The molecule has 5 atom stereocenters. The molecule has 0 radical (unpaired) electrons. The lowest BCUT2D eigenvalue weighted by Gasteiger charge is -2.28. The highest BCUT2D eigenvalue weighted by molar-refractivity contribution is 5.66. The van der Waals surface area contributed by atoms with Crippen LogP contribution >= 0.6 is 0 Å². The molecule has 0 aromatic rings. The second-order valence-corrected chi connectivity index (χ2v) is 7.73. The number of aliphatic hydroxyl groups is 3. The molecule has 0 heterocycles. The Labute approximate surface area is 152 Å². The van der Waals surface area contributed by atoms with Crippen molar-refractivity contribution in [2.75, 3.05) is 0 Å². The number of carboxylic acids is 1. The van der Waals surface area contributed by atoms with Crippen LogP contribution in [0.15, 0.2) is 0 Å². The van der Waals surface area contributed by atoms with Gasteiger partial charge in [-0.25, -0.2) is 0 Å². The molecule has 0 aromatic heterocycles. The monoisotopic (exact) mass is 358 g/mol. The van der Waals surface area contributed by atoms with Crippen LogP contribution in [0.2, 0.25) is 0 Å². The van der Waals surface area contributed by atoms with Crippen molar-refractivity contribution in [1.82, 2.24) is 0 Å². The highest BCUT2D eigenvalue weighted by Gasteiger charge is 2.44. The molecule has 1 aliphatic rings. The quantitative estimate of drug-likeness (QED) is 0.356. The van der Waals surface area contributed by atoms with Gasteiger partial charge in [-0.2, -0.15) is 0 Å². The number of rotatable bonds is 14. The minimum atomic E-state index is -0.753. The van der Waals surface area contributed by atoms with E-state index in [0.29, 0.717) is 19.3 Å². The first-order valence-corrected chi connectivity index (χ1v) is 10.2. The summed E-state index contributed by atoms with van der Waals surface area (Å²) in [5.74, 6) is -1.02. The van der Waals surface area contributed by atoms with E-state index in [0.717, 1.165) is 38.5 Å². The third-order valence-electron chi connectivity index (χ3n) is 5.64. The smallest absolute Gasteiger partial charge is 0.303 e. The molecule has 4 N–H and O–H groups in total. The predicted molar refractivity (Wildman–Crippen MR) is 98.3 cm³/mol. The molecule has 1 saturated carbocycles. The van der Waals surface area contributed by atoms with Crippen LogP contribution < -0.4 is 0 Å². The fourth-order valence-corrected chi connectivity index (χ4v) is 4.21. The van der Waals surface area contributed by atoms with E-state index in [2.05, 4.69) is 6.92 Å². The van der Waals surface area contributed by atoms with E-state index in [9.17, 15) is 20.1 Å². The van der Waals surface area contributed by atoms with E-state index in [-0.39, 0.29) is 18.3 Å². The molecule has 5 heteroatoms. The minimum Gasteiger partial charge on any atom is -0.481 e. The summed E-state index contributed by atoms with van der Waals surface area (Å²) in [7, 11) is 0. The lowest BCUT2D eigenvalue weighted by molar-refractivity contribution is -0.137. The van der Waals surface area contributed by atoms with Crippen LogP contribution in [0, 0.1) is 11.8 Å². The normalized spacial score (nSPS) is 27.5. The van der Waals surface area contributed by atoms with Gasteiger partial charge in [0.2, 0.25) is 0 Å². The van der Waals surface area contributed by atoms with Crippen molar-refractivity contribution < 1.29 is 25.2 Å².